The fourth-order valence-corrected chi connectivity index (χ4v) is 3.54. The number of anilines is 1. The molecule has 0 aromatic heterocycles. The Bertz CT molecular complexity index is 670. The third kappa shape index (κ3) is 3.97. The Kier molecular flexibility index (Phi) is 5.01. The van der Waals surface area contributed by atoms with Crippen LogP contribution in [0.15, 0.2) is 24.3 Å². The molecule has 1 unspecified atom stereocenters. The van der Waals surface area contributed by atoms with Crippen molar-refractivity contribution in [2.75, 3.05) is 11.4 Å². The van der Waals surface area contributed by atoms with Crippen LogP contribution in [0.25, 0.3) is 0 Å². The lowest BCUT2D eigenvalue weighted by Gasteiger charge is -2.36. The Morgan fingerprint density at radius 1 is 1.24 bits per heavy atom. The van der Waals surface area contributed by atoms with Gasteiger partial charge in [0.15, 0.2) is 0 Å². The average molecular weight is 348 g/mol. The minimum absolute atomic E-state index is 0.0472. The van der Waals surface area contributed by atoms with E-state index in [1.165, 1.54) is 12.1 Å². The van der Waals surface area contributed by atoms with Gasteiger partial charge in [0.2, 0.25) is 11.8 Å². The Morgan fingerprint density at radius 2 is 1.92 bits per heavy atom. The largest absolute Gasteiger partial charge is 0.481 e. The molecule has 6 nitrogen and oxygen atoms in total. The number of benzene rings is 1. The second-order valence-corrected chi connectivity index (χ2v) is 6.80. The molecule has 1 heterocycles. The smallest absolute Gasteiger partial charge is 0.303 e. The minimum Gasteiger partial charge on any atom is -0.481 e. The highest BCUT2D eigenvalue weighted by atomic mass is 19.1. The number of carboxylic acids is 1. The summed E-state index contributed by atoms with van der Waals surface area (Å²) < 4.78 is 13.0. The molecule has 25 heavy (non-hydrogen) atoms. The molecule has 1 atom stereocenters. The van der Waals surface area contributed by atoms with Gasteiger partial charge in [-0.05, 0) is 55.9 Å². The summed E-state index contributed by atoms with van der Waals surface area (Å²) in [5.41, 5.74) is 0.621. The van der Waals surface area contributed by atoms with Crippen LogP contribution in [0.4, 0.5) is 10.1 Å². The average Bonchev–Trinajstić information content (AvgIpc) is 2.53. The maximum absolute atomic E-state index is 13.0. The number of carboxylic acid groups (broad SMARTS) is 1. The number of piperidine rings is 1. The van der Waals surface area contributed by atoms with E-state index in [0.29, 0.717) is 31.5 Å². The molecule has 7 heteroatoms. The molecule has 2 N–H and O–H groups in total. The van der Waals surface area contributed by atoms with Crippen LogP contribution in [-0.4, -0.2) is 35.5 Å². The van der Waals surface area contributed by atoms with E-state index in [9.17, 15) is 18.8 Å². The Hall–Kier alpha value is -2.44. The van der Waals surface area contributed by atoms with Crippen LogP contribution in [-0.2, 0) is 14.4 Å². The van der Waals surface area contributed by atoms with Crippen LogP contribution in [0, 0.1) is 17.7 Å². The van der Waals surface area contributed by atoms with Crippen LogP contribution >= 0.6 is 0 Å². The first-order valence-corrected chi connectivity index (χ1v) is 8.53. The van der Waals surface area contributed by atoms with Crippen molar-refractivity contribution < 1.29 is 23.9 Å². The van der Waals surface area contributed by atoms with Crippen molar-refractivity contribution in [1.82, 2.24) is 5.32 Å². The number of nitrogens with one attached hydrogen (secondary N) is 1. The predicted molar refractivity (Wildman–Crippen MR) is 88.4 cm³/mol. The molecule has 0 spiro atoms. The molecular weight excluding hydrogens is 327 g/mol. The molecule has 1 aliphatic heterocycles. The third-order valence-corrected chi connectivity index (χ3v) is 4.96. The lowest BCUT2D eigenvalue weighted by molar-refractivity contribution is -0.141. The van der Waals surface area contributed by atoms with Crippen LogP contribution in [0.5, 0.6) is 0 Å². The minimum atomic E-state index is -0.846. The lowest BCUT2D eigenvalue weighted by Crippen LogP contribution is -2.54. The molecule has 2 amide bonds. The van der Waals surface area contributed by atoms with Crippen molar-refractivity contribution in [2.24, 2.45) is 11.8 Å². The van der Waals surface area contributed by atoms with Crippen molar-refractivity contribution in [3.8, 4) is 0 Å². The molecule has 0 bridgehead atoms. The van der Waals surface area contributed by atoms with Crippen molar-refractivity contribution in [3.05, 3.63) is 30.1 Å². The first kappa shape index (κ1) is 17.4. The van der Waals surface area contributed by atoms with Gasteiger partial charge in [0.25, 0.3) is 0 Å². The molecule has 2 fully saturated rings. The molecule has 1 aromatic rings. The Labute approximate surface area is 145 Å². The van der Waals surface area contributed by atoms with Gasteiger partial charge in [0.1, 0.15) is 11.9 Å². The molecular formula is C18H21FN2O4. The molecule has 1 aliphatic carbocycles. The first-order valence-electron chi connectivity index (χ1n) is 8.53. The van der Waals surface area contributed by atoms with Gasteiger partial charge in [-0.25, -0.2) is 4.39 Å². The number of aliphatic carboxylic acids is 1. The Morgan fingerprint density at radius 3 is 2.56 bits per heavy atom. The molecule has 1 saturated carbocycles. The number of rotatable bonds is 5. The van der Waals surface area contributed by atoms with Crippen molar-refractivity contribution in [2.45, 2.75) is 38.1 Å². The van der Waals surface area contributed by atoms with E-state index in [1.54, 1.807) is 17.0 Å². The van der Waals surface area contributed by atoms with Gasteiger partial charge in [-0.2, -0.15) is 0 Å². The quantitative estimate of drug-likeness (QED) is 0.851. The Balaban J connectivity index is 1.56. The van der Waals surface area contributed by atoms with E-state index in [4.69, 9.17) is 5.11 Å². The van der Waals surface area contributed by atoms with E-state index in [1.807, 2.05) is 0 Å². The van der Waals surface area contributed by atoms with E-state index in [2.05, 4.69) is 5.32 Å². The van der Waals surface area contributed by atoms with Gasteiger partial charge in [-0.3, -0.25) is 14.4 Å². The standard InChI is InChI=1S/C18H21FN2O4/c19-13-3-5-14(6-4-13)21-7-1-2-15(18(21)25)20-17(24)12-8-11(9-12)10-16(22)23/h3-6,11-12,15H,1-2,7-10H2,(H,20,24)(H,22,23). The molecule has 0 radical (unpaired) electrons. The van der Waals surface area contributed by atoms with Crippen LogP contribution in [0.3, 0.4) is 0 Å². The number of nitrogens with zero attached hydrogens (tertiary/aromatic N) is 1. The maximum atomic E-state index is 13.0. The van der Waals surface area contributed by atoms with E-state index >= 15 is 0 Å². The SMILES string of the molecule is O=C(O)CC1CC(C(=O)NC2CCCN(c3ccc(F)cc3)C2=O)C1. The first-order chi connectivity index (χ1) is 11.9. The second-order valence-electron chi connectivity index (χ2n) is 6.80. The van der Waals surface area contributed by atoms with Crippen LogP contribution in [0.1, 0.15) is 32.1 Å². The zero-order valence-corrected chi connectivity index (χ0v) is 13.8. The van der Waals surface area contributed by atoms with E-state index in [0.717, 1.165) is 6.42 Å². The monoisotopic (exact) mass is 348 g/mol. The fraction of sp³-hybridized carbons (Fsp3) is 0.500. The fourth-order valence-electron chi connectivity index (χ4n) is 3.54. The van der Waals surface area contributed by atoms with Gasteiger partial charge in [-0.15, -0.1) is 0 Å². The number of carbonyl (C=O) groups is 3. The van der Waals surface area contributed by atoms with E-state index in [-0.39, 0.29) is 35.9 Å². The topological polar surface area (TPSA) is 86.7 Å². The van der Waals surface area contributed by atoms with Gasteiger partial charge in [-0.1, -0.05) is 0 Å². The maximum Gasteiger partial charge on any atom is 0.303 e. The summed E-state index contributed by atoms with van der Waals surface area (Å²) in [5, 5.41) is 11.6. The van der Waals surface area contributed by atoms with Crippen molar-refractivity contribution >= 4 is 23.5 Å². The summed E-state index contributed by atoms with van der Waals surface area (Å²) >= 11 is 0. The highest BCUT2D eigenvalue weighted by molar-refractivity contribution is 6.00. The van der Waals surface area contributed by atoms with Crippen LogP contribution < -0.4 is 10.2 Å². The molecule has 1 aromatic carbocycles. The predicted octanol–water partition coefficient (Wildman–Crippen LogP) is 1.94. The van der Waals surface area contributed by atoms with Gasteiger partial charge < -0.3 is 15.3 Å². The summed E-state index contributed by atoms with van der Waals surface area (Å²) in [4.78, 5) is 37.1. The lowest BCUT2D eigenvalue weighted by atomic mass is 9.72. The van der Waals surface area contributed by atoms with Gasteiger partial charge >= 0.3 is 5.97 Å². The summed E-state index contributed by atoms with van der Waals surface area (Å²) in [6.07, 6.45) is 2.53. The number of hydrogen-bond donors (Lipinski definition) is 2. The number of halogens is 1. The zero-order valence-electron chi connectivity index (χ0n) is 13.8. The van der Waals surface area contributed by atoms with Gasteiger partial charge in [0.05, 0.1) is 0 Å². The van der Waals surface area contributed by atoms with Crippen molar-refractivity contribution in [1.29, 1.82) is 0 Å². The van der Waals surface area contributed by atoms with Gasteiger partial charge in [0, 0.05) is 24.6 Å². The summed E-state index contributed by atoms with van der Waals surface area (Å²) in [5.74, 6) is -1.74. The number of amides is 2. The summed E-state index contributed by atoms with van der Waals surface area (Å²) in [7, 11) is 0. The third-order valence-electron chi connectivity index (χ3n) is 4.96. The molecule has 134 valence electrons. The number of carbonyl (C=O) groups excluding carboxylic acids is 2. The van der Waals surface area contributed by atoms with E-state index < -0.39 is 12.0 Å². The van der Waals surface area contributed by atoms with Crippen molar-refractivity contribution in [3.63, 3.8) is 0 Å². The molecule has 3 rings (SSSR count). The van der Waals surface area contributed by atoms with Crippen LogP contribution in [0.2, 0.25) is 0 Å². The highest BCUT2D eigenvalue weighted by Gasteiger charge is 2.38. The zero-order chi connectivity index (χ0) is 18.0. The number of hydrogen-bond acceptors (Lipinski definition) is 3. The second kappa shape index (κ2) is 7.21. The molecule has 1 saturated heterocycles. The molecule has 2 aliphatic rings. The summed E-state index contributed by atoms with van der Waals surface area (Å²) in [6.45, 7) is 0.543. The normalized spacial score (nSPS) is 26.0. The highest BCUT2D eigenvalue weighted by Crippen LogP contribution is 2.36. The summed E-state index contributed by atoms with van der Waals surface area (Å²) in [6, 6.07) is 5.15.